The molecule has 1 saturated heterocycles. The molecule has 2 aromatic heterocycles. The zero-order valence-corrected chi connectivity index (χ0v) is 14.4. The Morgan fingerprint density at radius 2 is 2.08 bits per heavy atom. The van der Waals surface area contributed by atoms with Crippen LogP contribution in [-0.2, 0) is 11.3 Å². The van der Waals surface area contributed by atoms with Gasteiger partial charge in [-0.1, -0.05) is 18.5 Å². The van der Waals surface area contributed by atoms with Crippen molar-refractivity contribution < 1.29 is 9.26 Å². The van der Waals surface area contributed by atoms with Gasteiger partial charge in [-0.15, -0.1) is 0 Å². The van der Waals surface area contributed by atoms with Gasteiger partial charge in [0.05, 0.1) is 19.8 Å². The van der Waals surface area contributed by atoms with Crippen LogP contribution in [0.5, 0.6) is 0 Å². The Morgan fingerprint density at radius 1 is 1.25 bits per heavy atom. The molecule has 0 N–H and O–H groups in total. The van der Waals surface area contributed by atoms with Crippen molar-refractivity contribution in [3.63, 3.8) is 0 Å². The molecule has 0 atom stereocenters. The van der Waals surface area contributed by atoms with Crippen LogP contribution < -0.4 is 4.90 Å². The molecule has 0 aromatic carbocycles. The molecule has 1 aliphatic heterocycles. The topological polar surface area (TPSA) is 67.5 Å². The van der Waals surface area contributed by atoms with Crippen molar-refractivity contribution in [2.45, 2.75) is 26.3 Å². The van der Waals surface area contributed by atoms with Crippen molar-refractivity contribution in [3.05, 3.63) is 24.2 Å². The molecule has 0 bridgehead atoms. The average Bonchev–Trinajstić information content (AvgIpc) is 3.09. The number of rotatable bonds is 7. The molecular weight excluding hydrogens is 306 g/mol. The zero-order valence-electron chi connectivity index (χ0n) is 14.4. The highest BCUT2D eigenvalue weighted by atomic mass is 16.5. The molecule has 130 valence electrons. The summed E-state index contributed by atoms with van der Waals surface area (Å²) in [5, 5.41) is 4.08. The fraction of sp³-hybridized carbons (Fsp3) is 0.588. The number of hydrogen-bond acceptors (Lipinski definition) is 7. The predicted molar refractivity (Wildman–Crippen MR) is 91.8 cm³/mol. The summed E-state index contributed by atoms with van der Waals surface area (Å²) in [6.45, 7) is 7.15. The average molecular weight is 331 g/mol. The molecule has 24 heavy (non-hydrogen) atoms. The zero-order chi connectivity index (χ0) is 16.8. The lowest BCUT2D eigenvalue weighted by Gasteiger charge is -2.27. The second-order valence-corrected chi connectivity index (χ2v) is 6.11. The van der Waals surface area contributed by atoms with Gasteiger partial charge >= 0.3 is 0 Å². The largest absolute Gasteiger partial charge is 0.378 e. The van der Waals surface area contributed by atoms with E-state index in [1.54, 1.807) is 6.20 Å². The van der Waals surface area contributed by atoms with Gasteiger partial charge in [-0.05, 0) is 32.1 Å². The second-order valence-electron chi connectivity index (χ2n) is 6.11. The standard InChI is InChI=1S/C17H25N5O2/c1-3-4-7-21(2)13-16-19-17(20-24-16)14-5-6-15(18-12-14)22-8-10-23-11-9-22/h5-6,12H,3-4,7-11,13H2,1-2H3. The fourth-order valence-corrected chi connectivity index (χ4v) is 2.67. The van der Waals surface area contributed by atoms with Crippen LogP contribution >= 0.6 is 0 Å². The molecule has 0 saturated carbocycles. The minimum absolute atomic E-state index is 0.593. The lowest BCUT2D eigenvalue weighted by atomic mass is 10.2. The van der Waals surface area contributed by atoms with Gasteiger partial charge in [0, 0.05) is 24.8 Å². The minimum atomic E-state index is 0.593. The normalized spacial score (nSPS) is 15.2. The van der Waals surface area contributed by atoms with Crippen molar-refractivity contribution in [1.82, 2.24) is 20.0 Å². The highest BCUT2D eigenvalue weighted by molar-refractivity contribution is 5.55. The van der Waals surface area contributed by atoms with Gasteiger partial charge in [0.15, 0.2) is 0 Å². The summed E-state index contributed by atoms with van der Waals surface area (Å²) in [5.41, 5.74) is 0.873. The first-order chi connectivity index (χ1) is 11.8. The van der Waals surface area contributed by atoms with E-state index in [2.05, 4.69) is 38.9 Å². The molecule has 2 aromatic rings. The smallest absolute Gasteiger partial charge is 0.241 e. The quantitative estimate of drug-likeness (QED) is 0.770. The second kappa shape index (κ2) is 8.21. The van der Waals surface area contributed by atoms with E-state index in [9.17, 15) is 0 Å². The molecule has 0 spiro atoms. The Hall–Kier alpha value is -1.99. The summed E-state index contributed by atoms with van der Waals surface area (Å²) in [6, 6.07) is 4.00. The predicted octanol–water partition coefficient (Wildman–Crippen LogP) is 2.20. The van der Waals surface area contributed by atoms with E-state index < -0.39 is 0 Å². The maximum atomic E-state index is 5.37. The van der Waals surface area contributed by atoms with Gasteiger partial charge in [0.1, 0.15) is 5.82 Å². The number of aromatic nitrogens is 3. The molecule has 3 rings (SSSR count). The van der Waals surface area contributed by atoms with Gasteiger partial charge in [-0.2, -0.15) is 4.98 Å². The van der Waals surface area contributed by atoms with Crippen LogP contribution in [0.1, 0.15) is 25.7 Å². The SMILES string of the molecule is CCCCN(C)Cc1nc(-c2ccc(N3CCOCC3)nc2)no1. The van der Waals surface area contributed by atoms with Gasteiger partial charge in [0.25, 0.3) is 0 Å². The summed E-state index contributed by atoms with van der Waals surface area (Å²) < 4.78 is 10.7. The summed E-state index contributed by atoms with van der Waals surface area (Å²) >= 11 is 0. The third kappa shape index (κ3) is 4.30. The Balaban J connectivity index is 1.62. The van der Waals surface area contributed by atoms with Gasteiger partial charge < -0.3 is 14.2 Å². The van der Waals surface area contributed by atoms with Crippen molar-refractivity contribution >= 4 is 5.82 Å². The number of nitrogens with zero attached hydrogens (tertiary/aromatic N) is 5. The summed E-state index contributed by atoms with van der Waals surface area (Å²) in [4.78, 5) is 13.4. The van der Waals surface area contributed by atoms with Crippen molar-refractivity contribution in [2.75, 3.05) is 44.8 Å². The molecule has 7 nitrogen and oxygen atoms in total. The van der Waals surface area contributed by atoms with Crippen LogP contribution in [0, 0.1) is 0 Å². The van der Waals surface area contributed by atoms with E-state index in [-0.39, 0.29) is 0 Å². The molecule has 7 heteroatoms. The van der Waals surface area contributed by atoms with E-state index in [0.717, 1.165) is 44.2 Å². The molecule has 0 radical (unpaired) electrons. The third-order valence-corrected chi connectivity index (χ3v) is 4.11. The maximum absolute atomic E-state index is 5.37. The van der Waals surface area contributed by atoms with Crippen LogP contribution in [0.3, 0.4) is 0 Å². The monoisotopic (exact) mass is 331 g/mol. The van der Waals surface area contributed by atoms with E-state index in [1.807, 2.05) is 12.1 Å². The first-order valence-corrected chi connectivity index (χ1v) is 8.56. The summed E-state index contributed by atoms with van der Waals surface area (Å²) in [7, 11) is 2.07. The number of anilines is 1. The minimum Gasteiger partial charge on any atom is -0.378 e. The van der Waals surface area contributed by atoms with Crippen LogP contribution in [-0.4, -0.2) is 59.9 Å². The molecule has 1 aliphatic rings. The number of unbranched alkanes of at least 4 members (excludes halogenated alkanes) is 1. The Bertz CT molecular complexity index is 622. The van der Waals surface area contributed by atoms with E-state index >= 15 is 0 Å². The highest BCUT2D eigenvalue weighted by Crippen LogP contribution is 2.19. The molecule has 0 unspecified atom stereocenters. The molecule has 3 heterocycles. The first kappa shape index (κ1) is 16.9. The Labute approximate surface area is 142 Å². The molecule has 0 aliphatic carbocycles. The van der Waals surface area contributed by atoms with E-state index in [4.69, 9.17) is 9.26 Å². The highest BCUT2D eigenvalue weighted by Gasteiger charge is 2.14. The third-order valence-electron chi connectivity index (χ3n) is 4.11. The summed E-state index contributed by atoms with van der Waals surface area (Å²) in [5.74, 6) is 2.20. The molecule has 1 fully saturated rings. The van der Waals surface area contributed by atoms with Gasteiger partial charge in [0.2, 0.25) is 11.7 Å². The van der Waals surface area contributed by atoms with Crippen LogP contribution in [0.4, 0.5) is 5.82 Å². The van der Waals surface area contributed by atoms with Gasteiger partial charge in [-0.25, -0.2) is 4.98 Å². The molecule has 0 amide bonds. The lowest BCUT2D eigenvalue weighted by Crippen LogP contribution is -2.36. The van der Waals surface area contributed by atoms with Crippen LogP contribution in [0.25, 0.3) is 11.4 Å². The van der Waals surface area contributed by atoms with E-state index in [0.29, 0.717) is 18.3 Å². The van der Waals surface area contributed by atoms with E-state index in [1.165, 1.54) is 12.8 Å². The number of ether oxygens (including phenoxy) is 1. The van der Waals surface area contributed by atoms with Crippen molar-refractivity contribution in [2.24, 2.45) is 0 Å². The first-order valence-electron chi connectivity index (χ1n) is 8.56. The fourth-order valence-electron chi connectivity index (χ4n) is 2.67. The van der Waals surface area contributed by atoms with Crippen LogP contribution in [0.15, 0.2) is 22.9 Å². The van der Waals surface area contributed by atoms with Crippen molar-refractivity contribution in [3.8, 4) is 11.4 Å². The Morgan fingerprint density at radius 3 is 2.79 bits per heavy atom. The summed E-state index contributed by atoms with van der Waals surface area (Å²) in [6.07, 6.45) is 4.16. The number of pyridine rings is 1. The number of morpholine rings is 1. The van der Waals surface area contributed by atoms with Crippen molar-refractivity contribution in [1.29, 1.82) is 0 Å². The molecular formula is C17H25N5O2. The van der Waals surface area contributed by atoms with Gasteiger partial charge in [-0.3, -0.25) is 4.90 Å². The maximum Gasteiger partial charge on any atom is 0.241 e. The lowest BCUT2D eigenvalue weighted by molar-refractivity contribution is 0.122. The Kier molecular flexibility index (Phi) is 5.77. The number of hydrogen-bond donors (Lipinski definition) is 0. The van der Waals surface area contributed by atoms with Crippen LogP contribution in [0.2, 0.25) is 0 Å².